The molecular formula is C31H29F2N5O3. The van der Waals surface area contributed by atoms with Gasteiger partial charge in [0.05, 0.1) is 12.1 Å². The van der Waals surface area contributed by atoms with Crippen LogP contribution in [0.5, 0.6) is 23.1 Å². The van der Waals surface area contributed by atoms with Gasteiger partial charge in [-0.3, -0.25) is 9.69 Å². The molecule has 0 bridgehead atoms. The fourth-order valence-electron chi connectivity index (χ4n) is 4.49. The van der Waals surface area contributed by atoms with Gasteiger partial charge < -0.3 is 20.5 Å². The molecule has 0 spiro atoms. The Balaban J connectivity index is 1.25. The largest absolute Gasteiger partial charge is 0.457 e. The number of nitrogens with zero attached hydrogens (tertiary/aromatic N) is 3. The summed E-state index contributed by atoms with van der Waals surface area (Å²) in [6.45, 7) is 0.568. The van der Waals surface area contributed by atoms with Crippen LogP contribution in [0.4, 0.5) is 20.3 Å². The van der Waals surface area contributed by atoms with E-state index in [0.29, 0.717) is 41.3 Å². The first kappa shape index (κ1) is 27.7. The second-order valence-electron chi connectivity index (χ2n) is 9.59. The molecule has 210 valence electrons. The standard InChI is InChI=1S/C31H29F2N5O3/c32-31(33)16-6-18-38(20-31)17-5-11-27(39)37-23-8-4-7-22(19-23)28-29(34)35-21-36-30(28)41-26-14-12-25(13-15-26)40-24-9-2-1-3-10-24/h1-5,7-15,19,21H,6,16-18,20H2,(H,37,39)(H2,34,35,36). The number of nitrogens with one attached hydrogen (secondary N) is 1. The molecule has 1 aromatic heterocycles. The van der Waals surface area contributed by atoms with Crippen molar-refractivity contribution < 1.29 is 23.0 Å². The van der Waals surface area contributed by atoms with Gasteiger partial charge >= 0.3 is 0 Å². The number of anilines is 2. The Hall–Kier alpha value is -4.83. The second-order valence-corrected chi connectivity index (χ2v) is 9.59. The lowest BCUT2D eigenvalue weighted by Gasteiger charge is -2.31. The molecule has 0 aliphatic carbocycles. The van der Waals surface area contributed by atoms with Crippen molar-refractivity contribution in [2.45, 2.75) is 18.8 Å². The van der Waals surface area contributed by atoms with E-state index in [1.54, 1.807) is 59.5 Å². The van der Waals surface area contributed by atoms with Crippen LogP contribution in [-0.2, 0) is 4.79 Å². The minimum Gasteiger partial charge on any atom is -0.457 e. The van der Waals surface area contributed by atoms with Crippen molar-refractivity contribution in [3.05, 3.63) is 97.3 Å². The maximum absolute atomic E-state index is 13.6. The van der Waals surface area contributed by atoms with Gasteiger partial charge in [-0.2, -0.15) is 0 Å². The van der Waals surface area contributed by atoms with E-state index in [1.807, 2.05) is 30.3 Å². The number of halogens is 2. The summed E-state index contributed by atoms with van der Waals surface area (Å²) in [6, 6.07) is 23.6. The summed E-state index contributed by atoms with van der Waals surface area (Å²) in [5.41, 5.74) is 7.83. The summed E-state index contributed by atoms with van der Waals surface area (Å²) in [4.78, 5) is 22.5. The van der Waals surface area contributed by atoms with E-state index in [1.165, 1.54) is 12.4 Å². The third kappa shape index (κ3) is 7.64. The Labute approximate surface area is 236 Å². The summed E-state index contributed by atoms with van der Waals surface area (Å²) in [7, 11) is 0. The molecule has 0 unspecified atom stereocenters. The molecule has 1 fully saturated rings. The van der Waals surface area contributed by atoms with Gasteiger partial charge in [-0.1, -0.05) is 36.4 Å². The van der Waals surface area contributed by atoms with Gasteiger partial charge in [-0.05, 0) is 67.1 Å². The average Bonchev–Trinajstić information content (AvgIpc) is 2.94. The van der Waals surface area contributed by atoms with Crippen LogP contribution in [0.1, 0.15) is 12.8 Å². The van der Waals surface area contributed by atoms with Gasteiger partial charge in [0, 0.05) is 24.7 Å². The van der Waals surface area contributed by atoms with Gasteiger partial charge in [-0.25, -0.2) is 18.7 Å². The Morgan fingerprint density at radius 1 is 0.976 bits per heavy atom. The zero-order valence-electron chi connectivity index (χ0n) is 22.2. The van der Waals surface area contributed by atoms with Crippen molar-refractivity contribution in [3.8, 4) is 34.3 Å². The molecule has 0 atom stereocenters. The van der Waals surface area contributed by atoms with E-state index in [-0.39, 0.29) is 37.1 Å². The molecule has 8 nitrogen and oxygen atoms in total. The number of ether oxygens (including phenoxy) is 2. The van der Waals surface area contributed by atoms with E-state index in [2.05, 4.69) is 15.3 Å². The molecule has 4 aromatic rings. The number of benzene rings is 3. The zero-order valence-corrected chi connectivity index (χ0v) is 22.2. The van der Waals surface area contributed by atoms with E-state index < -0.39 is 5.92 Å². The van der Waals surface area contributed by atoms with E-state index in [9.17, 15) is 13.6 Å². The zero-order chi connectivity index (χ0) is 28.7. The maximum Gasteiger partial charge on any atom is 0.260 e. The molecule has 10 heteroatoms. The molecular weight excluding hydrogens is 528 g/mol. The number of carbonyl (C=O) groups is 1. The van der Waals surface area contributed by atoms with E-state index >= 15 is 0 Å². The predicted molar refractivity (Wildman–Crippen MR) is 153 cm³/mol. The van der Waals surface area contributed by atoms with Crippen LogP contribution in [-0.4, -0.2) is 46.3 Å². The molecule has 3 aromatic carbocycles. The Bertz CT molecular complexity index is 1510. The quantitative estimate of drug-likeness (QED) is 0.225. The van der Waals surface area contributed by atoms with Crippen molar-refractivity contribution >= 4 is 17.4 Å². The fourth-order valence-corrected chi connectivity index (χ4v) is 4.49. The number of rotatable bonds is 9. The minimum atomic E-state index is -2.68. The van der Waals surface area contributed by atoms with Crippen molar-refractivity contribution in [1.82, 2.24) is 14.9 Å². The first-order valence-corrected chi connectivity index (χ1v) is 13.1. The third-order valence-corrected chi connectivity index (χ3v) is 6.38. The number of nitrogen functional groups attached to an aromatic ring is 1. The average molecular weight is 558 g/mol. The summed E-state index contributed by atoms with van der Waals surface area (Å²) in [6.07, 6.45) is 4.59. The van der Waals surface area contributed by atoms with Crippen molar-refractivity contribution in [1.29, 1.82) is 0 Å². The van der Waals surface area contributed by atoms with Crippen LogP contribution in [0.15, 0.2) is 97.3 Å². The molecule has 1 amide bonds. The van der Waals surface area contributed by atoms with Gasteiger partial charge in [0.25, 0.3) is 5.92 Å². The molecule has 41 heavy (non-hydrogen) atoms. The number of carbonyl (C=O) groups excluding carboxylic acids is 1. The smallest absolute Gasteiger partial charge is 0.260 e. The monoisotopic (exact) mass is 557 g/mol. The van der Waals surface area contributed by atoms with E-state index in [0.717, 1.165) is 5.75 Å². The molecule has 1 aliphatic heterocycles. The highest BCUT2D eigenvalue weighted by atomic mass is 19.3. The van der Waals surface area contributed by atoms with Crippen LogP contribution < -0.4 is 20.5 Å². The minimum absolute atomic E-state index is 0.0935. The lowest BCUT2D eigenvalue weighted by Crippen LogP contribution is -2.42. The number of piperidine rings is 1. The highest BCUT2D eigenvalue weighted by Gasteiger charge is 2.34. The summed E-state index contributed by atoms with van der Waals surface area (Å²) in [5, 5.41) is 2.79. The lowest BCUT2D eigenvalue weighted by molar-refractivity contribution is -0.111. The number of aromatic nitrogens is 2. The highest BCUT2D eigenvalue weighted by Crippen LogP contribution is 2.36. The molecule has 2 heterocycles. The topological polar surface area (TPSA) is 103 Å². The molecule has 1 saturated heterocycles. The summed E-state index contributed by atoms with van der Waals surface area (Å²) >= 11 is 0. The third-order valence-electron chi connectivity index (χ3n) is 6.38. The summed E-state index contributed by atoms with van der Waals surface area (Å²) < 4.78 is 39.1. The number of hydrogen-bond acceptors (Lipinski definition) is 7. The first-order chi connectivity index (χ1) is 19.8. The number of alkyl halides is 2. The van der Waals surface area contributed by atoms with Crippen LogP contribution in [0, 0.1) is 0 Å². The Morgan fingerprint density at radius 3 is 2.46 bits per heavy atom. The molecule has 5 rings (SSSR count). The van der Waals surface area contributed by atoms with Crippen LogP contribution in [0.3, 0.4) is 0 Å². The molecule has 3 N–H and O–H groups in total. The van der Waals surface area contributed by atoms with Crippen molar-refractivity contribution in [2.24, 2.45) is 0 Å². The van der Waals surface area contributed by atoms with Gasteiger partial charge in [0.1, 0.15) is 29.4 Å². The molecule has 1 aliphatic rings. The second kappa shape index (κ2) is 12.6. The summed E-state index contributed by atoms with van der Waals surface area (Å²) in [5.74, 6) is -0.709. The first-order valence-electron chi connectivity index (χ1n) is 13.1. The van der Waals surface area contributed by atoms with Gasteiger partial charge in [0.15, 0.2) is 0 Å². The van der Waals surface area contributed by atoms with Crippen molar-refractivity contribution in [3.63, 3.8) is 0 Å². The SMILES string of the molecule is Nc1ncnc(Oc2ccc(Oc3ccccc3)cc2)c1-c1cccc(NC(=O)C=CCN2CCCC(F)(F)C2)c1. The highest BCUT2D eigenvalue weighted by molar-refractivity contribution is 5.99. The predicted octanol–water partition coefficient (Wildman–Crippen LogP) is 6.54. The number of hydrogen-bond donors (Lipinski definition) is 2. The number of amides is 1. The van der Waals surface area contributed by atoms with Crippen LogP contribution in [0.2, 0.25) is 0 Å². The Kier molecular flexibility index (Phi) is 8.50. The number of likely N-dealkylation sites (tertiary alicyclic amines) is 1. The lowest BCUT2D eigenvalue weighted by atomic mass is 10.1. The Morgan fingerprint density at radius 2 is 1.71 bits per heavy atom. The molecule has 0 radical (unpaired) electrons. The van der Waals surface area contributed by atoms with Gasteiger partial charge in [0.2, 0.25) is 11.8 Å². The maximum atomic E-state index is 13.6. The van der Waals surface area contributed by atoms with Crippen LogP contribution >= 0.6 is 0 Å². The normalized spacial score (nSPS) is 15.0. The van der Waals surface area contributed by atoms with Gasteiger partial charge in [-0.15, -0.1) is 0 Å². The van der Waals surface area contributed by atoms with Crippen molar-refractivity contribution in [2.75, 3.05) is 30.7 Å². The van der Waals surface area contributed by atoms with E-state index in [4.69, 9.17) is 15.2 Å². The number of nitrogens with two attached hydrogens (primary N) is 1. The molecule has 0 saturated carbocycles. The number of para-hydroxylation sites is 1. The van der Waals surface area contributed by atoms with Crippen LogP contribution in [0.25, 0.3) is 11.1 Å². The fraction of sp³-hybridized carbons (Fsp3) is 0.194.